The van der Waals surface area contributed by atoms with Crippen molar-refractivity contribution in [1.82, 2.24) is 10.0 Å². The van der Waals surface area contributed by atoms with E-state index in [1.165, 1.54) is 20.0 Å². The smallest absolute Gasteiger partial charge is 0.308 e. The molecule has 2 unspecified atom stereocenters. The first-order valence-corrected chi connectivity index (χ1v) is 8.86. The number of furan rings is 1. The maximum atomic E-state index is 12.4. The number of carbonyl (C=O) groups is 2. The molecule has 0 spiro atoms. The van der Waals surface area contributed by atoms with E-state index in [2.05, 4.69) is 10.0 Å². The largest absolute Gasteiger partial charge is 0.481 e. The summed E-state index contributed by atoms with van der Waals surface area (Å²) in [6.07, 6.45) is 0. The Kier molecular flexibility index (Phi) is 5.60. The Morgan fingerprint density at radius 2 is 1.76 bits per heavy atom. The standard InChI is InChI=1S/C16H18N2O6S/c1-10(16(20)21)14(11-6-4-3-5-7-11)18-15(19)12-8-9-13(24-12)25(22,23)17-2/h3-10,14,17H,1-2H3,(H,18,19)(H,20,21). The molecule has 0 radical (unpaired) electrons. The van der Waals surface area contributed by atoms with E-state index in [-0.39, 0.29) is 5.76 Å². The van der Waals surface area contributed by atoms with Gasteiger partial charge in [-0.1, -0.05) is 30.3 Å². The zero-order valence-electron chi connectivity index (χ0n) is 13.6. The van der Waals surface area contributed by atoms with Crippen molar-refractivity contribution in [1.29, 1.82) is 0 Å². The van der Waals surface area contributed by atoms with Crippen LogP contribution in [0.3, 0.4) is 0 Å². The normalized spacial score (nSPS) is 13.8. The minimum atomic E-state index is -3.81. The Labute approximate surface area is 144 Å². The lowest BCUT2D eigenvalue weighted by molar-refractivity contribution is -0.142. The monoisotopic (exact) mass is 366 g/mol. The molecule has 8 nitrogen and oxygen atoms in total. The highest BCUT2D eigenvalue weighted by atomic mass is 32.2. The van der Waals surface area contributed by atoms with Gasteiger partial charge >= 0.3 is 5.97 Å². The van der Waals surface area contributed by atoms with Gasteiger partial charge < -0.3 is 14.8 Å². The zero-order chi connectivity index (χ0) is 18.6. The SMILES string of the molecule is CNS(=O)(=O)c1ccc(C(=O)NC(c2ccccc2)C(C)C(=O)O)o1. The second-order valence-corrected chi connectivity index (χ2v) is 7.13. The van der Waals surface area contributed by atoms with Crippen molar-refractivity contribution in [2.24, 2.45) is 5.92 Å². The predicted molar refractivity (Wildman–Crippen MR) is 88.4 cm³/mol. The summed E-state index contributed by atoms with van der Waals surface area (Å²) < 4.78 is 30.5. The highest BCUT2D eigenvalue weighted by molar-refractivity contribution is 7.89. The molecule has 1 amide bonds. The van der Waals surface area contributed by atoms with Gasteiger partial charge in [-0.3, -0.25) is 9.59 Å². The molecular weight excluding hydrogens is 348 g/mol. The van der Waals surface area contributed by atoms with Crippen molar-refractivity contribution in [3.63, 3.8) is 0 Å². The van der Waals surface area contributed by atoms with Gasteiger partial charge in [-0.15, -0.1) is 0 Å². The zero-order valence-corrected chi connectivity index (χ0v) is 14.4. The summed E-state index contributed by atoms with van der Waals surface area (Å²) in [6.45, 7) is 1.47. The van der Waals surface area contributed by atoms with Gasteiger partial charge in [0.15, 0.2) is 5.76 Å². The fourth-order valence-electron chi connectivity index (χ4n) is 2.20. The van der Waals surface area contributed by atoms with E-state index in [1.807, 2.05) is 0 Å². The van der Waals surface area contributed by atoms with Gasteiger partial charge in [-0.2, -0.15) is 0 Å². The highest BCUT2D eigenvalue weighted by Gasteiger charge is 2.28. The number of hydrogen-bond donors (Lipinski definition) is 3. The molecule has 0 saturated heterocycles. The van der Waals surface area contributed by atoms with Crippen molar-refractivity contribution in [3.05, 3.63) is 53.8 Å². The maximum Gasteiger partial charge on any atom is 0.308 e. The number of aliphatic carboxylic acids is 1. The number of rotatable bonds is 7. The Morgan fingerprint density at radius 1 is 1.12 bits per heavy atom. The summed E-state index contributed by atoms with van der Waals surface area (Å²) in [4.78, 5) is 23.7. The lowest BCUT2D eigenvalue weighted by Gasteiger charge is -2.22. The molecule has 1 aromatic heterocycles. The minimum absolute atomic E-state index is 0.229. The van der Waals surface area contributed by atoms with Crippen LogP contribution in [0.2, 0.25) is 0 Å². The number of hydrogen-bond acceptors (Lipinski definition) is 5. The van der Waals surface area contributed by atoms with E-state index in [0.29, 0.717) is 5.56 Å². The van der Waals surface area contributed by atoms with Gasteiger partial charge in [0.1, 0.15) is 0 Å². The molecule has 0 aliphatic carbocycles. The number of nitrogens with one attached hydrogen (secondary N) is 2. The highest BCUT2D eigenvalue weighted by Crippen LogP contribution is 2.23. The summed E-state index contributed by atoms with van der Waals surface area (Å²) in [6, 6.07) is 10.2. The summed E-state index contributed by atoms with van der Waals surface area (Å²) in [7, 11) is -2.59. The van der Waals surface area contributed by atoms with Crippen LogP contribution in [0.25, 0.3) is 0 Å². The van der Waals surface area contributed by atoms with Crippen LogP contribution in [-0.4, -0.2) is 32.4 Å². The lowest BCUT2D eigenvalue weighted by Crippen LogP contribution is -2.35. The first-order chi connectivity index (χ1) is 11.8. The molecule has 0 aliphatic heterocycles. The summed E-state index contributed by atoms with van der Waals surface area (Å²) in [5, 5.41) is 11.5. The van der Waals surface area contributed by atoms with Crippen LogP contribution in [0, 0.1) is 5.92 Å². The number of carboxylic acid groups (broad SMARTS) is 1. The molecule has 3 N–H and O–H groups in total. The van der Waals surface area contributed by atoms with Crippen LogP contribution in [0.15, 0.2) is 52.0 Å². The molecule has 2 rings (SSSR count). The number of amides is 1. The molecule has 134 valence electrons. The fourth-order valence-corrected chi connectivity index (χ4v) is 2.85. The van der Waals surface area contributed by atoms with Crippen LogP contribution < -0.4 is 10.0 Å². The first kappa shape index (κ1) is 18.7. The second-order valence-electron chi connectivity index (χ2n) is 5.31. The van der Waals surface area contributed by atoms with Crippen LogP contribution in [0.4, 0.5) is 0 Å². The number of carboxylic acids is 1. The van der Waals surface area contributed by atoms with E-state index in [4.69, 9.17) is 4.42 Å². The number of benzene rings is 1. The van der Waals surface area contributed by atoms with Crippen molar-refractivity contribution < 1.29 is 27.5 Å². The van der Waals surface area contributed by atoms with Crippen molar-refractivity contribution in [3.8, 4) is 0 Å². The fraction of sp³-hybridized carbons (Fsp3) is 0.250. The van der Waals surface area contributed by atoms with E-state index >= 15 is 0 Å². The maximum absolute atomic E-state index is 12.4. The summed E-state index contributed by atoms with van der Waals surface area (Å²) >= 11 is 0. The second kappa shape index (κ2) is 7.49. The van der Waals surface area contributed by atoms with Crippen LogP contribution in [0.1, 0.15) is 29.1 Å². The average Bonchev–Trinajstić information content (AvgIpc) is 3.10. The van der Waals surface area contributed by atoms with Gasteiger partial charge in [0.2, 0.25) is 5.09 Å². The molecular formula is C16H18N2O6S. The molecule has 0 bridgehead atoms. The van der Waals surface area contributed by atoms with Crippen molar-refractivity contribution in [2.45, 2.75) is 18.1 Å². The summed E-state index contributed by atoms with van der Waals surface area (Å²) in [5.41, 5.74) is 0.611. The quantitative estimate of drug-likeness (QED) is 0.680. The topological polar surface area (TPSA) is 126 Å². The Morgan fingerprint density at radius 3 is 2.32 bits per heavy atom. The van der Waals surface area contributed by atoms with Gasteiger partial charge in [0, 0.05) is 0 Å². The molecule has 1 heterocycles. The third kappa shape index (κ3) is 4.25. The third-order valence-electron chi connectivity index (χ3n) is 3.67. The Balaban J connectivity index is 2.27. The average molecular weight is 366 g/mol. The molecule has 0 aliphatic rings. The summed E-state index contributed by atoms with van der Waals surface area (Å²) in [5.74, 6) is -2.92. The van der Waals surface area contributed by atoms with E-state index in [9.17, 15) is 23.1 Å². The Hall–Kier alpha value is -2.65. The number of carbonyl (C=O) groups excluding carboxylic acids is 1. The van der Waals surface area contributed by atoms with Gasteiger partial charge in [0.25, 0.3) is 15.9 Å². The van der Waals surface area contributed by atoms with Gasteiger partial charge in [-0.25, -0.2) is 13.1 Å². The first-order valence-electron chi connectivity index (χ1n) is 7.38. The molecule has 25 heavy (non-hydrogen) atoms. The molecule has 9 heteroatoms. The lowest BCUT2D eigenvalue weighted by atomic mass is 9.94. The number of sulfonamides is 1. The van der Waals surface area contributed by atoms with E-state index in [1.54, 1.807) is 30.3 Å². The Bertz CT molecular complexity index is 860. The van der Waals surface area contributed by atoms with Crippen molar-refractivity contribution >= 4 is 21.9 Å². The third-order valence-corrected chi connectivity index (χ3v) is 4.96. The van der Waals surface area contributed by atoms with Crippen LogP contribution >= 0.6 is 0 Å². The molecule has 0 saturated carbocycles. The molecule has 1 aromatic carbocycles. The van der Waals surface area contributed by atoms with Crippen molar-refractivity contribution in [2.75, 3.05) is 7.05 Å². The molecule has 2 aromatic rings. The molecule has 0 fully saturated rings. The van der Waals surface area contributed by atoms with E-state index in [0.717, 1.165) is 6.07 Å². The van der Waals surface area contributed by atoms with E-state index < -0.39 is 39.0 Å². The van der Waals surface area contributed by atoms with Crippen LogP contribution in [0.5, 0.6) is 0 Å². The van der Waals surface area contributed by atoms with Gasteiger partial charge in [-0.05, 0) is 31.7 Å². The minimum Gasteiger partial charge on any atom is -0.481 e. The predicted octanol–water partition coefficient (Wildman–Crippen LogP) is 1.38. The molecule has 2 atom stereocenters. The van der Waals surface area contributed by atoms with Crippen LogP contribution in [-0.2, 0) is 14.8 Å². The van der Waals surface area contributed by atoms with Gasteiger partial charge in [0.05, 0.1) is 12.0 Å².